The summed E-state index contributed by atoms with van der Waals surface area (Å²) in [7, 11) is 0. The molecule has 0 bridgehead atoms. The first-order chi connectivity index (χ1) is 10.1. The van der Waals surface area contributed by atoms with Gasteiger partial charge in [0.2, 0.25) is 0 Å². The molecule has 21 heavy (non-hydrogen) atoms. The molecule has 0 fully saturated rings. The first-order valence-corrected chi connectivity index (χ1v) is 6.66. The molecule has 0 saturated carbocycles. The molecule has 0 saturated heterocycles. The van der Waals surface area contributed by atoms with E-state index in [-0.39, 0.29) is 11.4 Å². The molecule has 4 heteroatoms. The average Bonchev–Trinajstić information content (AvgIpc) is 2.48. The minimum absolute atomic E-state index is 0.0965. The van der Waals surface area contributed by atoms with Crippen LogP contribution in [0, 0.1) is 5.82 Å². The summed E-state index contributed by atoms with van der Waals surface area (Å²) in [6.07, 6.45) is 0. The summed E-state index contributed by atoms with van der Waals surface area (Å²) in [4.78, 5) is 11.4. The Balaban J connectivity index is 2.36. The van der Waals surface area contributed by atoms with Crippen LogP contribution in [0.2, 0.25) is 5.02 Å². The second-order valence-electron chi connectivity index (χ2n) is 4.64. The third-order valence-corrected chi connectivity index (χ3v) is 3.61. The average molecular weight is 301 g/mol. The van der Waals surface area contributed by atoms with Crippen molar-refractivity contribution < 1.29 is 14.3 Å². The Bertz CT molecular complexity index is 859. The highest BCUT2D eigenvalue weighted by molar-refractivity contribution is 6.31. The van der Waals surface area contributed by atoms with E-state index in [1.54, 1.807) is 42.5 Å². The van der Waals surface area contributed by atoms with Crippen LogP contribution in [0.15, 0.2) is 54.6 Å². The normalized spacial score (nSPS) is 10.8. The van der Waals surface area contributed by atoms with Gasteiger partial charge in [0.1, 0.15) is 5.82 Å². The zero-order valence-electron chi connectivity index (χ0n) is 10.8. The minimum Gasteiger partial charge on any atom is -0.478 e. The van der Waals surface area contributed by atoms with Crippen LogP contribution in [-0.4, -0.2) is 11.1 Å². The lowest BCUT2D eigenvalue weighted by Crippen LogP contribution is -2.00. The van der Waals surface area contributed by atoms with Crippen LogP contribution in [-0.2, 0) is 0 Å². The molecule has 0 unspecified atom stereocenters. The van der Waals surface area contributed by atoms with Crippen molar-refractivity contribution >= 4 is 28.3 Å². The Morgan fingerprint density at radius 1 is 0.952 bits per heavy atom. The summed E-state index contributed by atoms with van der Waals surface area (Å²) >= 11 is 5.87. The fourth-order valence-electron chi connectivity index (χ4n) is 2.43. The van der Waals surface area contributed by atoms with Crippen molar-refractivity contribution in [3.8, 4) is 11.1 Å². The zero-order chi connectivity index (χ0) is 15.0. The standard InChI is InChI=1S/C17H10ClFO2/c18-10-5-6-13(15(9-10)17(20)21)12-7-8-16(19)14-4-2-1-3-11(12)14/h1-9H,(H,20,21). The molecule has 0 radical (unpaired) electrons. The van der Waals surface area contributed by atoms with Crippen molar-refractivity contribution in [2.75, 3.05) is 0 Å². The first kappa shape index (κ1) is 13.6. The van der Waals surface area contributed by atoms with Gasteiger partial charge >= 0.3 is 5.97 Å². The van der Waals surface area contributed by atoms with Crippen LogP contribution in [0.3, 0.4) is 0 Å². The van der Waals surface area contributed by atoms with E-state index in [0.29, 0.717) is 26.9 Å². The highest BCUT2D eigenvalue weighted by Gasteiger charge is 2.15. The number of aromatic carboxylic acids is 1. The van der Waals surface area contributed by atoms with Gasteiger partial charge < -0.3 is 5.11 Å². The molecule has 0 aliphatic rings. The van der Waals surface area contributed by atoms with E-state index in [4.69, 9.17) is 11.6 Å². The summed E-state index contributed by atoms with van der Waals surface area (Å²) in [5.41, 5.74) is 1.28. The highest BCUT2D eigenvalue weighted by Crippen LogP contribution is 2.33. The van der Waals surface area contributed by atoms with E-state index in [2.05, 4.69) is 0 Å². The van der Waals surface area contributed by atoms with Crippen LogP contribution in [0.1, 0.15) is 10.4 Å². The number of carbonyl (C=O) groups is 1. The van der Waals surface area contributed by atoms with Crippen LogP contribution < -0.4 is 0 Å². The second kappa shape index (κ2) is 5.19. The van der Waals surface area contributed by atoms with E-state index in [0.717, 1.165) is 0 Å². The molecule has 3 aromatic rings. The Morgan fingerprint density at radius 3 is 2.33 bits per heavy atom. The Kier molecular flexibility index (Phi) is 3.35. The summed E-state index contributed by atoms with van der Waals surface area (Å²) in [5.74, 6) is -1.40. The maximum Gasteiger partial charge on any atom is 0.336 e. The molecule has 0 amide bonds. The maximum atomic E-state index is 13.9. The third kappa shape index (κ3) is 2.36. The number of carboxylic acids is 1. The molecule has 3 aromatic carbocycles. The molecule has 0 spiro atoms. The van der Waals surface area contributed by atoms with E-state index >= 15 is 0 Å². The smallest absolute Gasteiger partial charge is 0.336 e. The van der Waals surface area contributed by atoms with Gasteiger partial charge in [-0.25, -0.2) is 9.18 Å². The SMILES string of the molecule is O=C(O)c1cc(Cl)ccc1-c1ccc(F)c2ccccc12. The quantitative estimate of drug-likeness (QED) is 0.723. The van der Waals surface area contributed by atoms with Crippen LogP contribution in [0.4, 0.5) is 4.39 Å². The minimum atomic E-state index is -1.07. The van der Waals surface area contributed by atoms with Crippen molar-refractivity contribution in [3.05, 3.63) is 71.0 Å². The third-order valence-electron chi connectivity index (χ3n) is 3.37. The molecule has 3 rings (SSSR count). The molecule has 0 aliphatic carbocycles. The van der Waals surface area contributed by atoms with Gasteiger partial charge in [-0.2, -0.15) is 0 Å². The predicted molar refractivity (Wildman–Crippen MR) is 81.3 cm³/mol. The number of hydrogen-bond donors (Lipinski definition) is 1. The van der Waals surface area contributed by atoms with Gasteiger partial charge in [-0.15, -0.1) is 0 Å². The molecule has 2 nitrogen and oxygen atoms in total. The second-order valence-corrected chi connectivity index (χ2v) is 5.07. The van der Waals surface area contributed by atoms with Crippen molar-refractivity contribution in [3.63, 3.8) is 0 Å². The lowest BCUT2D eigenvalue weighted by Gasteiger charge is -2.11. The Labute approximate surface area is 125 Å². The summed E-state index contributed by atoms with van der Waals surface area (Å²) in [6, 6.07) is 14.6. The monoisotopic (exact) mass is 300 g/mol. The van der Waals surface area contributed by atoms with E-state index in [1.807, 2.05) is 0 Å². The van der Waals surface area contributed by atoms with Gasteiger partial charge in [-0.3, -0.25) is 0 Å². The molecule has 104 valence electrons. The number of fused-ring (bicyclic) bond motifs is 1. The van der Waals surface area contributed by atoms with Gasteiger partial charge in [0.15, 0.2) is 0 Å². The molecule has 1 N–H and O–H groups in total. The van der Waals surface area contributed by atoms with Crippen LogP contribution >= 0.6 is 11.6 Å². The first-order valence-electron chi connectivity index (χ1n) is 6.28. The van der Waals surface area contributed by atoms with Gasteiger partial charge in [-0.1, -0.05) is 48.0 Å². The summed E-state index contributed by atoms with van der Waals surface area (Å²) < 4.78 is 13.9. The van der Waals surface area contributed by atoms with Gasteiger partial charge in [0.25, 0.3) is 0 Å². The molecular formula is C17H10ClFO2. The fourth-order valence-corrected chi connectivity index (χ4v) is 2.60. The number of benzene rings is 3. The fraction of sp³-hybridized carbons (Fsp3) is 0. The van der Waals surface area contributed by atoms with E-state index in [9.17, 15) is 14.3 Å². The van der Waals surface area contributed by atoms with Gasteiger partial charge in [0.05, 0.1) is 5.56 Å². The predicted octanol–water partition coefficient (Wildman–Crippen LogP) is 5.00. The molecule has 0 aliphatic heterocycles. The van der Waals surface area contributed by atoms with Crippen LogP contribution in [0.25, 0.3) is 21.9 Å². The van der Waals surface area contributed by atoms with Crippen molar-refractivity contribution in [2.45, 2.75) is 0 Å². The molecule has 0 heterocycles. The highest BCUT2D eigenvalue weighted by atomic mass is 35.5. The molecule has 0 aromatic heterocycles. The van der Waals surface area contributed by atoms with E-state index < -0.39 is 5.97 Å². The van der Waals surface area contributed by atoms with Crippen molar-refractivity contribution in [1.29, 1.82) is 0 Å². The van der Waals surface area contributed by atoms with Gasteiger partial charge in [0, 0.05) is 10.4 Å². The topological polar surface area (TPSA) is 37.3 Å². The number of rotatable bonds is 2. The largest absolute Gasteiger partial charge is 0.478 e. The van der Waals surface area contributed by atoms with Gasteiger partial charge in [-0.05, 0) is 34.7 Å². The number of carboxylic acid groups (broad SMARTS) is 1. The Hall–Kier alpha value is -2.39. The maximum absolute atomic E-state index is 13.9. The summed E-state index contributed by atoms with van der Waals surface area (Å²) in [5, 5.41) is 10.8. The zero-order valence-corrected chi connectivity index (χ0v) is 11.6. The van der Waals surface area contributed by atoms with Crippen molar-refractivity contribution in [1.82, 2.24) is 0 Å². The number of hydrogen-bond acceptors (Lipinski definition) is 1. The summed E-state index contributed by atoms with van der Waals surface area (Å²) in [6.45, 7) is 0. The van der Waals surface area contributed by atoms with Crippen molar-refractivity contribution in [2.24, 2.45) is 0 Å². The lowest BCUT2D eigenvalue weighted by molar-refractivity contribution is 0.0697. The molecule has 0 atom stereocenters. The lowest BCUT2D eigenvalue weighted by atomic mass is 9.94. The molecular weight excluding hydrogens is 291 g/mol. The number of halogens is 2. The Morgan fingerprint density at radius 2 is 1.62 bits per heavy atom. The van der Waals surface area contributed by atoms with E-state index in [1.165, 1.54) is 12.1 Å². The van der Waals surface area contributed by atoms with Crippen LogP contribution in [0.5, 0.6) is 0 Å².